The van der Waals surface area contributed by atoms with Crippen LogP contribution in [0.2, 0.25) is 0 Å². The third-order valence-electron chi connectivity index (χ3n) is 3.11. The number of nitrogens with one attached hydrogen (secondary N) is 1. The monoisotopic (exact) mass is 372 g/mol. The first kappa shape index (κ1) is 18.7. The maximum absolute atomic E-state index is 12.2. The second-order valence-electron chi connectivity index (χ2n) is 5.09. The molecule has 1 atom stereocenters. The van der Waals surface area contributed by atoms with E-state index in [0.29, 0.717) is 17.1 Å². The highest BCUT2D eigenvalue weighted by Crippen LogP contribution is 2.21. The summed E-state index contributed by atoms with van der Waals surface area (Å²) in [6.07, 6.45) is 0. The zero-order valence-corrected chi connectivity index (χ0v) is 14.9. The Morgan fingerprint density at radius 3 is 2.92 bits per heavy atom. The van der Waals surface area contributed by atoms with Crippen molar-refractivity contribution in [1.82, 2.24) is 10.3 Å². The zero-order chi connectivity index (χ0) is 17.5. The fourth-order valence-corrected chi connectivity index (χ4v) is 3.50. The molecular weight excluding hydrogens is 354 g/mol. The third kappa shape index (κ3) is 6.09. The number of aromatic nitrogens is 1. The largest absolute Gasteiger partial charge is 0.435 e. The number of nitrogens with zero attached hydrogens (tertiary/aromatic N) is 1. The van der Waals surface area contributed by atoms with Gasteiger partial charge in [-0.05, 0) is 31.5 Å². The molecule has 1 aromatic carbocycles. The first-order chi connectivity index (χ1) is 11.4. The van der Waals surface area contributed by atoms with Crippen LogP contribution in [-0.2, 0) is 10.5 Å². The van der Waals surface area contributed by atoms with Crippen molar-refractivity contribution in [2.45, 2.75) is 32.3 Å². The van der Waals surface area contributed by atoms with Gasteiger partial charge in [-0.2, -0.15) is 8.78 Å². The van der Waals surface area contributed by atoms with Crippen LogP contribution in [0.25, 0.3) is 0 Å². The van der Waals surface area contributed by atoms with Crippen LogP contribution in [-0.4, -0.2) is 23.3 Å². The maximum Gasteiger partial charge on any atom is 0.387 e. The lowest BCUT2D eigenvalue weighted by Crippen LogP contribution is -2.28. The molecule has 8 heteroatoms. The number of thioether (sulfide) groups is 1. The van der Waals surface area contributed by atoms with Crippen LogP contribution in [0.4, 0.5) is 8.78 Å². The van der Waals surface area contributed by atoms with E-state index in [9.17, 15) is 13.6 Å². The molecule has 4 nitrogen and oxygen atoms in total. The lowest BCUT2D eigenvalue weighted by Gasteiger charge is -2.15. The summed E-state index contributed by atoms with van der Waals surface area (Å²) in [6.45, 7) is 0.878. The second kappa shape index (κ2) is 8.98. The summed E-state index contributed by atoms with van der Waals surface area (Å²) in [5.74, 6) is 0.967. The van der Waals surface area contributed by atoms with Crippen molar-refractivity contribution >= 4 is 29.0 Å². The van der Waals surface area contributed by atoms with Crippen molar-refractivity contribution < 1.29 is 18.3 Å². The van der Waals surface area contributed by atoms with E-state index >= 15 is 0 Å². The highest BCUT2D eigenvalue weighted by atomic mass is 32.2. The minimum absolute atomic E-state index is 0.0804. The Morgan fingerprint density at radius 2 is 2.25 bits per heavy atom. The van der Waals surface area contributed by atoms with Crippen LogP contribution in [0.15, 0.2) is 29.6 Å². The number of halogens is 2. The number of aryl methyl sites for hydroxylation is 1. The van der Waals surface area contributed by atoms with Gasteiger partial charge in [0.25, 0.3) is 0 Å². The molecule has 2 rings (SSSR count). The summed E-state index contributed by atoms with van der Waals surface area (Å²) in [5.41, 5.74) is 1.68. The van der Waals surface area contributed by atoms with Gasteiger partial charge in [-0.15, -0.1) is 23.1 Å². The molecule has 0 saturated heterocycles. The fraction of sp³-hybridized carbons (Fsp3) is 0.375. The molecule has 2 aromatic rings. The summed E-state index contributed by atoms with van der Waals surface area (Å²) in [7, 11) is 0. The van der Waals surface area contributed by atoms with Gasteiger partial charge in [-0.25, -0.2) is 4.98 Å². The summed E-state index contributed by atoms with van der Waals surface area (Å²) in [5, 5.41) is 5.84. The number of carbonyl (C=O) groups excluding carboxylic acids is 1. The predicted octanol–water partition coefficient (Wildman–Crippen LogP) is 4.16. The molecule has 0 aliphatic heterocycles. The van der Waals surface area contributed by atoms with Crippen molar-refractivity contribution in [2.24, 2.45) is 0 Å². The van der Waals surface area contributed by atoms with E-state index in [1.165, 1.54) is 23.9 Å². The Bertz CT molecular complexity index is 680. The molecule has 1 N–H and O–H groups in total. The number of amides is 1. The topological polar surface area (TPSA) is 51.2 Å². The molecule has 0 radical (unpaired) electrons. The Kier molecular flexibility index (Phi) is 6.99. The van der Waals surface area contributed by atoms with Crippen LogP contribution >= 0.6 is 23.1 Å². The molecule has 0 saturated carbocycles. The lowest BCUT2D eigenvalue weighted by atomic mass is 10.1. The van der Waals surface area contributed by atoms with Crippen LogP contribution in [0, 0.1) is 6.92 Å². The molecule has 0 bridgehead atoms. The molecule has 130 valence electrons. The molecule has 1 heterocycles. The van der Waals surface area contributed by atoms with Gasteiger partial charge in [0.05, 0.1) is 22.5 Å². The summed E-state index contributed by atoms with van der Waals surface area (Å²) in [6, 6.07) is 6.04. The van der Waals surface area contributed by atoms with Gasteiger partial charge in [-0.1, -0.05) is 12.1 Å². The van der Waals surface area contributed by atoms with E-state index in [2.05, 4.69) is 15.0 Å². The Morgan fingerprint density at radius 1 is 1.46 bits per heavy atom. The normalized spacial score (nSPS) is 12.2. The third-order valence-corrected chi connectivity index (χ3v) is 4.90. The average molecular weight is 372 g/mol. The fourth-order valence-electron chi connectivity index (χ4n) is 2.05. The number of hydrogen-bond acceptors (Lipinski definition) is 5. The molecule has 0 unspecified atom stereocenters. The van der Waals surface area contributed by atoms with Crippen LogP contribution in [0.3, 0.4) is 0 Å². The van der Waals surface area contributed by atoms with Gasteiger partial charge in [0.15, 0.2) is 0 Å². The smallest absolute Gasteiger partial charge is 0.387 e. The van der Waals surface area contributed by atoms with Crippen molar-refractivity contribution in [3.05, 3.63) is 45.9 Å². The summed E-state index contributed by atoms with van der Waals surface area (Å²) >= 11 is 3.07. The van der Waals surface area contributed by atoms with Gasteiger partial charge in [0, 0.05) is 11.1 Å². The number of carbonyl (C=O) groups is 1. The Labute approximate surface area is 147 Å². The van der Waals surface area contributed by atoms with Gasteiger partial charge in [0.1, 0.15) is 5.75 Å². The first-order valence-corrected chi connectivity index (χ1v) is 9.30. The molecule has 1 amide bonds. The highest BCUT2D eigenvalue weighted by Gasteiger charge is 2.12. The summed E-state index contributed by atoms with van der Waals surface area (Å²) in [4.78, 5) is 16.3. The maximum atomic E-state index is 12.2. The molecule has 0 aliphatic rings. The number of benzene rings is 1. The SMILES string of the molecule is Cc1nc(CSCC(=O)N[C@H](C)c2cccc(OC(F)F)c2)cs1. The van der Waals surface area contributed by atoms with Crippen LogP contribution < -0.4 is 10.1 Å². The van der Waals surface area contributed by atoms with Gasteiger partial charge < -0.3 is 10.1 Å². The van der Waals surface area contributed by atoms with Crippen LogP contribution in [0.1, 0.15) is 29.2 Å². The number of hydrogen-bond donors (Lipinski definition) is 1. The van der Waals surface area contributed by atoms with Crippen molar-refractivity contribution in [3.63, 3.8) is 0 Å². The van der Waals surface area contributed by atoms with Crippen molar-refractivity contribution in [2.75, 3.05) is 5.75 Å². The molecule has 24 heavy (non-hydrogen) atoms. The Balaban J connectivity index is 1.80. The van der Waals surface area contributed by atoms with Gasteiger partial charge >= 0.3 is 6.61 Å². The standard InChI is InChI=1S/C16H18F2N2O2S2/c1-10(12-4-3-5-14(6-12)22-16(17)18)19-15(21)9-23-7-13-8-24-11(2)20-13/h3-6,8,10,16H,7,9H2,1-2H3,(H,19,21)/t10-/m1/s1. The summed E-state index contributed by atoms with van der Waals surface area (Å²) < 4.78 is 28.9. The number of thiazole rings is 1. The minimum Gasteiger partial charge on any atom is -0.435 e. The highest BCUT2D eigenvalue weighted by molar-refractivity contribution is 7.99. The quantitative estimate of drug-likeness (QED) is 0.756. The predicted molar refractivity (Wildman–Crippen MR) is 92.6 cm³/mol. The van der Waals surface area contributed by atoms with Gasteiger partial charge in [-0.3, -0.25) is 4.79 Å². The van der Waals surface area contributed by atoms with E-state index < -0.39 is 6.61 Å². The number of alkyl halides is 2. The number of ether oxygens (including phenoxy) is 1. The van der Waals surface area contributed by atoms with Gasteiger partial charge in [0.2, 0.25) is 5.91 Å². The second-order valence-corrected chi connectivity index (χ2v) is 7.14. The molecule has 0 spiro atoms. The Hall–Kier alpha value is -1.67. The van der Waals surface area contributed by atoms with E-state index in [-0.39, 0.29) is 17.7 Å². The molecule has 0 fully saturated rings. The molecule has 1 aromatic heterocycles. The van der Waals surface area contributed by atoms with Crippen molar-refractivity contribution in [3.8, 4) is 5.75 Å². The zero-order valence-electron chi connectivity index (χ0n) is 13.3. The van der Waals surface area contributed by atoms with E-state index in [4.69, 9.17) is 0 Å². The van der Waals surface area contributed by atoms with Crippen LogP contribution in [0.5, 0.6) is 5.75 Å². The minimum atomic E-state index is -2.86. The average Bonchev–Trinajstić information content (AvgIpc) is 2.92. The lowest BCUT2D eigenvalue weighted by molar-refractivity contribution is -0.119. The van der Waals surface area contributed by atoms with E-state index in [1.54, 1.807) is 30.4 Å². The van der Waals surface area contributed by atoms with Crippen molar-refractivity contribution in [1.29, 1.82) is 0 Å². The number of rotatable bonds is 8. The molecule has 0 aliphatic carbocycles. The molecular formula is C16H18F2N2O2S2. The van der Waals surface area contributed by atoms with E-state index in [0.717, 1.165) is 10.7 Å². The van der Waals surface area contributed by atoms with E-state index in [1.807, 2.05) is 12.3 Å². The first-order valence-electron chi connectivity index (χ1n) is 7.27.